The van der Waals surface area contributed by atoms with Gasteiger partial charge in [-0.3, -0.25) is 20.2 Å². The molecule has 0 unspecified atom stereocenters. The third-order valence-corrected chi connectivity index (χ3v) is 6.40. The van der Waals surface area contributed by atoms with Crippen LogP contribution in [0.2, 0.25) is 15.1 Å². The number of benzene rings is 4. The van der Waals surface area contributed by atoms with E-state index in [0.29, 0.717) is 6.07 Å². The maximum absolute atomic E-state index is 13.7. The van der Waals surface area contributed by atoms with Gasteiger partial charge < -0.3 is 15.4 Å². The van der Waals surface area contributed by atoms with Crippen LogP contribution in [-0.4, -0.2) is 30.2 Å². The summed E-state index contributed by atoms with van der Waals surface area (Å²) in [5, 5.41) is 6.41. The van der Waals surface area contributed by atoms with Gasteiger partial charge in [0, 0.05) is 5.69 Å². The van der Waals surface area contributed by atoms with E-state index in [2.05, 4.69) is 15.4 Å². The molecule has 0 aliphatic rings. The number of carbonyl (C=O) groups is 4. The van der Waals surface area contributed by atoms with Crippen LogP contribution >= 0.6 is 34.8 Å². The second-order valence-corrected chi connectivity index (χ2v) is 10.0. The molecule has 0 bridgehead atoms. The molecule has 0 atom stereocenters. The molecule has 19 heteroatoms. The lowest BCUT2D eigenvalue weighted by molar-refractivity contribution is -0.274. The minimum atomic E-state index is -4.80. The normalized spacial score (nSPS) is 10.6. The molecule has 0 fully saturated rings. The third-order valence-electron chi connectivity index (χ3n) is 5.46. The minimum Gasteiger partial charge on any atom is -0.406 e. The zero-order valence-electron chi connectivity index (χ0n) is 23.2. The molecule has 0 radical (unpaired) electrons. The van der Waals surface area contributed by atoms with Gasteiger partial charge >= 0.3 is 18.4 Å². The van der Waals surface area contributed by atoms with E-state index in [1.807, 2.05) is 5.32 Å². The van der Waals surface area contributed by atoms with E-state index in [1.54, 1.807) is 17.4 Å². The highest BCUT2D eigenvalue weighted by Crippen LogP contribution is 2.31. The van der Waals surface area contributed by atoms with E-state index in [4.69, 9.17) is 34.8 Å². The van der Waals surface area contributed by atoms with Gasteiger partial charge in [-0.2, -0.15) is 0 Å². The van der Waals surface area contributed by atoms with Crippen molar-refractivity contribution in [3.63, 3.8) is 0 Å². The monoisotopic (exact) mass is 738 g/mol. The molecule has 0 saturated heterocycles. The summed E-state index contributed by atoms with van der Waals surface area (Å²) < 4.78 is 93.6. The van der Waals surface area contributed by atoms with Crippen LogP contribution in [0.25, 0.3) is 0 Å². The predicted octanol–water partition coefficient (Wildman–Crippen LogP) is 8.71. The number of anilines is 2. The summed E-state index contributed by atoms with van der Waals surface area (Å²) in [6.45, 7) is 0. The second-order valence-electron chi connectivity index (χ2n) is 8.81. The van der Waals surface area contributed by atoms with Crippen LogP contribution in [0.1, 0.15) is 20.7 Å². The fraction of sp³-hybridized carbons (Fsp3) is 0.0345. The van der Waals surface area contributed by atoms with Crippen molar-refractivity contribution in [3.8, 4) is 5.75 Å². The Morgan fingerprint density at radius 3 is 1.79 bits per heavy atom. The van der Waals surface area contributed by atoms with Crippen LogP contribution < -0.4 is 26.0 Å². The van der Waals surface area contributed by atoms with Crippen LogP contribution in [-0.2, 0) is 0 Å². The van der Waals surface area contributed by atoms with Crippen molar-refractivity contribution in [2.24, 2.45) is 0 Å². The van der Waals surface area contributed by atoms with E-state index in [0.717, 1.165) is 30.3 Å². The Kier molecular flexibility index (Phi) is 12.6. The van der Waals surface area contributed by atoms with E-state index < -0.39 is 80.6 Å². The predicted molar refractivity (Wildman–Crippen MR) is 160 cm³/mol. The SMILES string of the molecule is O=C(NC(=O)c1c(F)cccc1F)Nc1cc(Cl)c(F)c(Cl)c1F.O=C(NC(=O)c1ccccc1Cl)Nc1ccc(OC(F)(F)F)cc1. The highest BCUT2D eigenvalue weighted by molar-refractivity contribution is 6.35. The summed E-state index contributed by atoms with van der Waals surface area (Å²) in [5.74, 6) is -7.50. The number of rotatable bonds is 5. The maximum Gasteiger partial charge on any atom is 0.573 e. The standard InChI is InChI=1S/C15H10ClF3N2O3.C14H6Cl2F4N2O2/c16-12-4-2-1-3-11(12)13(22)21-14(23)20-9-5-7-10(8-6-9)24-15(17,18)19;15-5-4-8(12(20)10(16)11(5)19)21-14(24)22-13(23)9-6(17)2-1-3-7(9)18/h1-8H,(H2,20,21,22,23);1-4H,(H2,21,22,23,24). The molecule has 4 aromatic carbocycles. The molecular weight excluding hydrogens is 724 g/mol. The average Bonchev–Trinajstić information content (AvgIpc) is 2.99. The van der Waals surface area contributed by atoms with Crippen LogP contribution in [0.4, 0.5) is 51.7 Å². The first-order valence-corrected chi connectivity index (χ1v) is 13.7. The zero-order chi connectivity index (χ0) is 35.8. The number of hydrogen-bond acceptors (Lipinski definition) is 5. The van der Waals surface area contributed by atoms with Gasteiger partial charge in [-0.15, -0.1) is 13.2 Å². The highest BCUT2D eigenvalue weighted by Gasteiger charge is 2.31. The Balaban J connectivity index is 0.000000260. The van der Waals surface area contributed by atoms with Crippen molar-refractivity contribution < 1.29 is 54.6 Å². The number of ether oxygens (including phenoxy) is 1. The molecule has 4 rings (SSSR count). The molecule has 4 N–H and O–H groups in total. The quantitative estimate of drug-likeness (QED) is 0.0926. The van der Waals surface area contributed by atoms with Gasteiger partial charge in [0.1, 0.15) is 28.0 Å². The van der Waals surface area contributed by atoms with E-state index in [1.165, 1.54) is 24.3 Å². The van der Waals surface area contributed by atoms with Crippen LogP contribution in [0, 0.1) is 23.3 Å². The number of halogens is 10. The Bertz CT molecular complexity index is 1840. The third kappa shape index (κ3) is 10.5. The second kappa shape index (κ2) is 16.2. The van der Waals surface area contributed by atoms with Gasteiger partial charge in [0.05, 0.1) is 21.3 Å². The van der Waals surface area contributed by atoms with Gasteiger partial charge in [0.15, 0.2) is 11.6 Å². The fourth-order valence-corrected chi connectivity index (χ4v) is 4.09. The lowest BCUT2D eigenvalue weighted by Crippen LogP contribution is -2.35. The summed E-state index contributed by atoms with van der Waals surface area (Å²) in [5.41, 5.74) is -1.34. The summed E-state index contributed by atoms with van der Waals surface area (Å²) >= 11 is 16.6. The van der Waals surface area contributed by atoms with Crippen molar-refractivity contribution in [1.29, 1.82) is 0 Å². The number of hydrogen-bond donors (Lipinski definition) is 4. The lowest BCUT2D eigenvalue weighted by Gasteiger charge is -2.10. The number of carbonyl (C=O) groups excluding carboxylic acids is 4. The zero-order valence-corrected chi connectivity index (χ0v) is 25.5. The molecular formula is C29H16Cl3F7N4O5. The average molecular weight is 740 g/mol. The molecule has 0 aromatic heterocycles. The first-order valence-electron chi connectivity index (χ1n) is 12.6. The van der Waals surface area contributed by atoms with Crippen LogP contribution in [0.15, 0.2) is 72.8 Å². The first kappa shape index (κ1) is 37.4. The summed E-state index contributed by atoms with van der Waals surface area (Å²) in [4.78, 5) is 46.9. The van der Waals surface area contributed by atoms with Gasteiger partial charge in [0.25, 0.3) is 11.8 Å². The molecule has 0 spiro atoms. The maximum atomic E-state index is 13.7. The molecule has 0 aliphatic carbocycles. The van der Waals surface area contributed by atoms with E-state index in [9.17, 15) is 49.9 Å². The summed E-state index contributed by atoms with van der Waals surface area (Å²) in [6.07, 6.45) is -4.80. The molecule has 0 saturated carbocycles. The number of nitrogens with one attached hydrogen (secondary N) is 4. The number of amides is 6. The van der Waals surface area contributed by atoms with Crippen molar-refractivity contribution in [1.82, 2.24) is 10.6 Å². The Morgan fingerprint density at radius 1 is 0.646 bits per heavy atom. The number of urea groups is 2. The van der Waals surface area contributed by atoms with Crippen molar-refractivity contribution >= 4 is 70.1 Å². The number of imide groups is 2. The number of alkyl halides is 3. The molecule has 9 nitrogen and oxygen atoms in total. The molecule has 0 aliphatic heterocycles. The molecule has 48 heavy (non-hydrogen) atoms. The lowest BCUT2D eigenvalue weighted by atomic mass is 10.2. The molecule has 252 valence electrons. The first-order chi connectivity index (χ1) is 22.5. The van der Waals surface area contributed by atoms with Crippen LogP contribution in [0.3, 0.4) is 0 Å². The van der Waals surface area contributed by atoms with Crippen molar-refractivity contribution in [3.05, 3.63) is 122 Å². The van der Waals surface area contributed by atoms with Gasteiger partial charge in [0.2, 0.25) is 0 Å². The minimum absolute atomic E-state index is 0.114. The molecule has 6 amide bonds. The summed E-state index contributed by atoms with van der Waals surface area (Å²) in [7, 11) is 0. The van der Waals surface area contributed by atoms with Gasteiger partial charge in [-0.25, -0.2) is 27.2 Å². The van der Waals surface area contributed by atoms with Crippen molar-refractivity contribution in [2.45, 2.75) is 6.36 Å². The smallest absolute Gasteiger partial charge is 0.406 e. The highest BCUT2D eigenvalue weighted by atomic mass is 35.5. The Labute approximate surface area is 279 Å². The van der Waals surface area contributed by atoms with Gasteiger partial charge in [-0.1, -0.05) is 53.0 Å². The molecule has 4 aromatic rings. The topological polar surface area (TPSA) is 126 Å². The Hall–Kier alpha value is -5.06. The van der Waals surface area contributed by atoms with E-state index >= 15 is 0 Å². The Morgan fingerprint density at radius 2 is 1.21 bits per heavy atom. The summed E-state index contributed by atoms with van der Waals surface area (Å²) in [6, 6.07) is 11.8. The van der Waals surface area contributed by atoms with Crippen molar-refractivity contribution in [2.75, 3.05) is 10.6 Å². The van der Waals surface area contributed by atoms with Crippen LogP contribution in [0.5, 0.6) is 5.75 Å². The van der Waals surface area contributed by atoms with Gasteiger partial charge in [-0.05, 0) is 54.6 Å². The molecule has 0 heterocycles. The largest absolute Gasteiger partial charge is 0.573 e. The van der Waals surface area contributed by atoms with E-state index in [-0.39, 0.29) is 16.3 Å². The fourth-order valence-electron chi connectivity index (χ4n) is 3.42.